The molecule has 0 saturated carbocycles. The highest BCUT2D eigenvalue weighted by atomic mass is 32.1. The number of benzene rings is 1. The lowest BCUT2D eigenvalue weighted by Gasteiger charge is -2.06. The Balaban J connectivity index is 1.55. The molecule has 0 fully saturated rings. The molecule has 3 rings (SSSR count). The topological polar surface area (TPSA) is 75.3 Å². The summed E-state index contributed by atoms with van der Waals surface area (Å²) in [6, 6.07) is 11.2. The van der Waals surface area contributed by atoms with Crippen molar-refractivity contribution in [2.75, 3.05) is 5.32 Å². The van der Waals surface area contributed by atoms with E-state index in [9.17, 15) is 18.8 Å². The lowest BCUT2D eigenvalue weighted by atomic mass is 10.2. The van der Waals surface area contributed by atoms with Crippen molar-refractivity contribution in [1.82, 2.24) is 5.32 Å². The Morgan fingerprint density at radius 2 is 1.85 bits per heavy atom. The average Bonchev–Trinajstić information content (AvgIpc) is 3.34. The molecule has 2 amide bonds. The summed E-state index contributed by atoms with van der Waals surface area (Å²) in [5.74, 6) is -2.25. The van der Waals surface area contributed by atoms with E-state index in [1.807, 2.05) is 11.4 Å². The summed E-state index contributed by atoms with van der Waals surface area (Å²) in [4.78, 5) is 38.1. The first-order chi connectivity index (χ1) is 12.9. The Morgan fingerprint density at radius 1 is 1.04 bits per heavy atom. The predicted molar refractivity (Wildman–Crippen MR) is 104 cm³/mol. The smallest absolute Gasteiger partial charge is 0.313 e. The first-order valence-corrected chi connectivity index (χ1v) is 9.66. The van der Waals surface area contributed by atoms with Crippen LogP contribution in [0.5, 0.6) is 0 Å². The van der Waals surface area contributed by atoms with Gasteiger partial charge in [0.25, 0.3) is 0 Å². The number of thiophene rings is 2. The monoisotopic (exact) mass is 402 g/mol. The number of hydrogen-bond acceptors (Lipinski definition) is 5. The fourth-order valence-electron chi connectivity index (χ4n) is 2.23. The van der Waals surface area contributed by atoms with Gasteiger partial charge in [-0.1, -0.05) is 12.1 Å². The van der Waals surface area contributed by atoms with Gasteiger partial charge in [0.1, 0.15) is 5.82 Å². The minimum atomic E-state index is -0.885. The minimum Gasteiger partial charge on any atom is -0.343 e. The quantitative estimate of drug-likeness (QED) is 0.504. The lowest BCUT2D eigenvalue weighted by Crippen LogP contribution is -2.34. The average molecular weight is 402 g/mol. The number of aryl methyl sites for hydroxylation is 1. The van der Waals surface area contributed by atoms with Gasteiger partial charge in [0.05, 0.1) is 16.3 Å². The molecule has 0 saturated heterocycles. The van der Waals surface area contributed by atoms with E-state index in [0.29, 0.717) is 15.3 Å². The van der Waals surface area contributed by atoms with E-state index in [1.54, 1.807) is 25.1 Å². The maximum Gasteiger partial charge on any atom is 0.313 e. The number of halogens is 1. The third-order valence-corrected chi connectivity index (χ3v) is 5.64. The van der Waals surface area contributed by atoms with Crippen LogP contribution in [-0.2, 0) is 16.1 Å². The number of rotatable bonds is 5. The molecule has 2 heterocycles. The number of anilines is 1. The van der Waals surface area contributed by atoms with E-state index in [-0.39, 0.29) is 18.0 Å². The SMILES string of the molecule is Cc1ccc(NC(=O)C(=O)NCc2ccc(C(=O)c3cccs3)s2)cc1F. The van der Waals surface area contributed by atoms with Crippen LogP contribution in [-0.4, -0.2) is 17.6 Å². The van der Waals surface area contributed by atoms with Gasteiger partial charge in [0.2, 0.25) is 5.78 Å². The van der Waals surface area contributed by atoms with Crippen LogP contribution in [0.4, 0.5) is 10.1 Å². The molecule has 0 aliphatic rings. The summed E-state index contributed by atoms with van der Waals surface area (Å²) in [7, 11) is 0. The van der Waals surface area contributed by atoms with Crippen molar-refractivity contribution >= 4 is 46.0 Å². The van der Waals surface area contributed by atoms with E-state index >= 15 is 0 Å². The molecule has 138 valence electrons. The number of amides is 2. The number of hydrogen-bond donors (Lipinski definition) is 2. The van der Waals surface area contributed by atoms with Crippen molar-refractivity contribution in [3.8, 4) is 0 Å². The zero-order valence-corrected chi connectivity index (χ0v) is 15.9. The molecular formula is C19H15FN2O3S2. The predicted octanol–water partition coefficient (Wildman–Crippen LogP) is 3.74. The van der Waals surface area contributed by atoms with E-state index < -0.39 is 17.6 Å². The van der Waals surface area contributed by atoms with Gasteiger partial charge in [-0.25, -0.2) is 4.39 Å². The molecule has 0 bridgehead atoms. The highest BCUT2D eigenvalue weighted by Crippen LogP contribution is 2.22. The molecule has 0 atom stereocenters. The number of ketones is 1. The Bertz CT molecular complexity index is 996. The van der Waals surface area contributed by atoms with Crippen molar-refractivity contribution in [1.29, 1.82) is 0 Å². The normalized spacial score (nSPS) is 10.4. The molecule has 2 aromatic heterocycles. The molecule has 1 aromatic carbocycles. The van der Waals surface area contributed by atoms with Crippen molar-refractivity contribution in [3.63, 3.8) is 0 Å². The van der Waals surface area contributed by atoms with Crippen molar-refractivity contribution in [2.45, 2.75) is 13.5 Å². The van der Waals surface area contributed by atoms with Gasteiger partial charge in [-0.05, 0) is 48.2 Å². The van der Waals surface area contributed by atoms with Crippen LogP contribution in [0.2, 0.25) is 0 Å². The van der Waals surface area contributed by atoms with Crippen LogP contribution in [0.25, 0.3) is 0 Å². The number of carbonyl (C=O) groups excluding carboxylic acids is 3. The maximum atomic E-state index is 13.5. The first kappa shape index (κ1) is 18.9. The molecule has 8 heteroatoms. The van der Waals surface area contributed by atoms with E-state index in [0.717, 1.165) is 10.9 Å². The second-order valence-electron chi connectivity index (χ2n) is 5.67. The molecule has 2 N–H and O–H groups in total. The summed E-state index contributed by atoms with van der Waals surface area (Å²) in [6.07, 6.45) is 0. The van der Waals surface area contributed by atoms with E-state index in [4.69, 9.17) is 0 Å². The second kappa shape index (κ2) is 8.24. The summed E-state index contributed by atoms with van der Waals surface area (Å²) < 4.78 is 13.5. The Hall–Kier alpha value is -2.84. The Morgan fingerprint density at radius 3 is 2.56 bits per heavy atom. The van der Waals surface area contributed by atoms with Gasteiger partial charge in [-0.2, -0.15) is 0 Å². The fourth-order valence-corrected chi connectivity index (χ4v) is 3.87. The third-order valence-electron chi connectivity index (χ3n) is 3.69. The standard InChI is InChI=1S/C19H15FN2O3S2/c1-11-4-5-12(9-14(11)20)22-19(25)18(24)21-10-13-6-7-16(27-13)17(23)15-3-2-8-26-15/h2-9H,10H2,1H3,(H,21,24)(H,22,25). The van der Waals surface area contributed by atoms with Crippen LogP contribution >= 0.6 is 22.7 Å². The molecule has 3 aromatic rings. The molecule has 0 spiro atoms. The van der Waals surface area contributed by atoms with Gasteiger partial charge in [0, 0.05) is 10.6 Å². The lowest BCUT2D eigenvalue weighted by molar-refractivity contribution is -0.136. The number of nitrogens with one attached hydrogen (secondary N) is 2. The summed E-state index contributed by atoms with van der Waals surface area (Å²) >= 11 is 2.63. The van der Waals surface area contributed by atoms with Crippen LogP contribution < -0.4 is 10.6 Å². The maximum absolute atomic E-state index is 13.5. The zero-order valence-electron chi connectivity index (χ0n) is 14.2. The van der Waals surface area contributed by atoms with Gasteiger partial charge in [-0.15, -0.1) is 22.7 Å². The molecule has 5 nitrogen and oxygen atoms in total. The largest absolute Gasteiger partial charge is 0.343 e. The fraction of sp³-hybridized carbons (Fsp3) is 0.105. The summed E-state index contributed by atoms with van der Waals surface area (Å²) in [5, 5.41) is 6.67. The van der Waals surface area contributed by atoms with Crippen LogP contribution in [0.3, 0.4) is 0 Å². The van der Waals surface area contributed by atoms with Gasteiger partial charge in [0.15, 0.2) is 0 Å². The molecule has 0 aliphatic carbocycles. The van der Waals surface area contributed by atoms with Crippen LogP contribution in [0.15, 0.2) is 47.8 Å². The molecular weight excluding hydrogens is 387 g/mol. The van der Waals surface area contributed by atoms with Crippen LogP contribution in [0.1, 0.15) is 25.0 Å². The minimum absolute atomic E-state index is 0.0632. The van der Waals surface area contributed by atoms with Gasteiger partial charge >= 0.3 is 11.8 Å². The second-order valence-corrected chi connectivity index (χ2v) is 7.79. The van der Waals surface area contributed by atoms with Crippen molar-refractivity contribution in [2.24, 2.45) is 0 Å². The Labute approximate surface area is 162 Å². The highest BCUT2D eigenvalue weighted by molar-refractivity contribution is 7.16. The summed E-state index contributed by atoms with van der Waals surface area (Å²) in [5.41, 5.74) is 0.654. The van der Waals surface area contributed by atoms with E-state index in [2.05, 4.69) is 10.6 Å². The molecule has 0 radical (unpaired) electrons. The third kappa shape index (κ3) is 4.66. The zero-order chi connectivity index (χ0) is 19.4. The molecule has 27 heavy (non-hydrogen) atoms. The Kier molecular flexibility index (Phi) is 5.78. The van der Waals surface area contributed by atoms with Gasteiger partial charge in [-0.3, -0.25) is 14.4 Å². The van der Waals surface area contributed by atoms with Gasteiger partial charge < -0.3 is 10.6 Å². The van der Waals surface area contributed by atoms with Crippen LogP contribution in [0, 0.1) is 12.7 Å². The van der Waals surface area contributed by atoms with E-state index in [1.165, 1.54) is 34.8 Å². The first-order valence-electron chi connectivity index (χ1n) is 7.96. The van der Waals surface area contributed by atoms with Crippen molar-refractivity contribution < 1.29 is 18.8 Å². The molecule has 0 aliphatic heterocycles. The summed E-state index contributed by atoms with van der Waals surface area (Å²) in [6.45, 7) is 1.73. The number of carbonyl (C=O) groups is 3. The van der Waals surface area contributed by atoms with Crippen molar-refractivity contribution in [3.05, 3.63) is 73.9 Å². The molecule has 0 unspecified atom stereocenters. The highest BCUT2D eigenvalue weighted by Gasteiger charge is 2.16.